The van der Waals surface area contributed by atoms with Gasteiger partial charge in [0.1, 0.15) is 5.52 Å². The van der Waals surface area contributed by atoms with Crippen LogP contribution in [0.5, 0.6) is 0 Å². The number of rotatable bonds is 6. The zero-order valence-corrected chi connectivity index (χ0v) is 18.6. The average Bonchev–Trinajstić information content (AvgIpc) is 3.25. The lowest BCUT2D eigenvalue weighted by atomic mass is 9.80. The van der Waals surface area contributed by atoms with Crippen LogP contribution in [-0.4, -0.2) is 40.3 Å². The van der Waals surface area contributed by atoms with Crippen LogP contribution in [0, 0.1) is 17.8 Å². The van der Waals surface area contributed by atoms with Crippen molar-refractivity contribution in [3.05, 3.63) is 16.8 Å². The number of hydrogen-bond donors (Lipinski definition) is 2. The van der Waals surface area contributed by atoms with Crippen LogP contribution < -0.4 is 11.0 Å². The van der Waals surface area contributed by atoms with Gasteiger partial charge in [-0.15, -0.1) is 5.10 Å². The van der Waals surface area contributed by atoms with Crippen LogP contribution in [0.2, 0.25) is 0 Å². The predicted octanol–water partition coefficient (Wildman–Crippen LogP) is 3.34. The van der Waals surface area contributed by atoms with Crippen molar-refractivity contribution in [3.8, 4) is 11.6 Å². The first-order chi connectivity index (χ1) is 15.0. The number of imidazole rings is 1. The molecule has 0 amide bonds. The Kier molecular flexibility index (Phi) is 5.27. The second-order valence-electron chi connectivity index (χ2n) is 9.62. The number of aromatic amines is 1. The van der Waals surface area contributed by atoms with Crippen molar-refractivity contribution < 1.29 is 0 Å². The van der Waals surface area contributed by atoms with Gasteiger partial charge in [0.25, 0.3) is 0 Å². The summed E-state index contributed by atoms with van der Waals surface area (Å²) in [7, 11) is 1.61. The van der Waals surface area contributed by atoms with Gasteiger partial charge in [0, 0.05) is 19.6 Å². The number of anilines is 1. The summed E-state index contributed by atoms with van der Waals surface area (Å²) in [5.41, 5.74) is 1.31. The third kappa shape index (κ3) is 3.97. The van der Waals surface area contributed by atoms with E-state index >= 15 is 0 Å². The van der Waals surface area contributed by atoms with Crippen molar-refractivity contribution in [3.63, 3.8) is 0 Å². The first kappa shape index (κ1) is 20.2. The molecule has 0 radical (unpaired) electrons. The molecule has 1 atom stereocenters. The highest BCUT2D eigenvalue weighted by Crippen LogP contribution is 2.34. The molecular weight excluding hydrogens is 392 g/mol. The summed E-state index contributed by atoms with van der Waals surface area (Å²) in [6.45, 7) is 5.52. The molecule has 5 rings (SSSR count). The zero-order chi connectivity index (χ0) is 21.5. The van der Waals surface area contributed by atoms with Crippen LogP contribution in [0.4, 0.5) is 5.82 Å². The number of aryl methyl sites for hydroxylation is 1. The summed E-state index contributed by atoms with van der Waals surface area (Å²) < 4.78 is 3.48. The van der Waals surface area contributed by atoms with Crippen molar-refractivity contribution >= 4 is 17.0 Å². The Labute approximate surface area is 181 Å². The van der Waals surface area contributed by atoms with Crippen molar-refractivity contribution in [1.82, 2.24) is 34.3 Å². The van der Waals surface area contributed by atoms with Crippen molar-refractivity contribution in [2.24, 2.45) is 24.8 Å². The van der Waals surface area contributed by atoms with Gasteiger partial charge in [0.05, 0.1) is 6.33 Å². The maximum atomic E-state index is 11.9. The first-order valence-electron chi connectivity index (χ1n) is 11.6. The number of hydrogen-bond acceptors (Lipinski definition) is 6. The lowest BCUT2D eigenvalue weighted by Gasteiger charge is -2.32. The van der Waals surface area contributed by atoms with Crippen molar-refractivity contribution in [1.29, 1.82) is 0 Å². The van der Waals surface area contributed by atoms with E-state index in [0.29, 0.717) is 35.2 Å². The minimum atomic E-state index is -0.284. The maximum Gasteiger partial charge on any atom is 0.343 e. The zero-order valence-electron chi connectivity index (χ0n) is 18.6. The van der Waals surface area contributed by atoms with Gasteiger partial charge in [-0.3, -0.25) is 4.98 Å². The molecule has 0 saturated heterocycles. The second kappa shape index (κ2) is 8.09. The molecule has 9 heteroatoms. The summed E-state index contributed by atoms with van der Waals surface area (Å²) in [6, 6.07) is 0.321. The fourth-order valence-electron chi connectivity index (χ4n) is 4.89. The van der Waals surface area contributed by atoms with Crippen molar-refractivity contribution in [2.75, 3.05) is 5.32 Å². The molecule has 2 fully saturated rings. The molecule has 2 aliphatic rings. The molecule has 2 N–H and O–H groups in total. The van der Waals surface area contributed by atoms with Gasteiger partial charge in [-0.25, -0.2) is 24.4 Å². The molecule has 3 aromatic heterocycles. The van der Waals surface area contributed by atoms with Crippen LogP contribution in [0.25, 0.3) is 22.8 Å². The van der Waals surface area contributed by atoms with Crippen LogP contribution in [0.1, 0.15) is 58.8 Å². The number of aromatic nitrogens is 7. The van der Waals surface area contributed by atoms with Crippen LogP contribution in [0.3, 0.4) is 0 Å². The van der Waals surface area contributed by atoms with E-state index in [1.54, 1.807) is 7.05 Å². The predicted molar refractivity (Wildman–Crippen MR) is 120 cm³/mol. The summed E-state index contributed by atoms with van der Waals surface area (Å²) >= 11 is 0. The molecule has 2 saturated carbocycles. The summed E-state index contributed by atoms with van der Waals surface area (Å²) in [6.07, 6.45) is 10.8. The average molecular weight is 425 g/mol. The smallest absolute Gasteiger partial charge is 0.343 e. The first-order valence-corrected chi connectivity index (χ1v) is 11.6. The van der Waals surface area contributed by atoms with Gasteiger partial charge in [-0.1, -0.05) is 26.2 Å². The Morgan fingerprint density at radius 1 is 1.19 bits per heavy atom. The van der Waals surface area contributed by atoms with Gasteiger partial charge in [-0.05, 0) is 50.4 Å². The van der Waals surface area contributed by atoms with E-state index in [1.165, 1.54) is 49.6 Å². The Morgan fingerprint density at radius 3 is 2.61 bits per heavy atom. The topological polar surface area (TPSA) is 106 Å². The molecule has 9 nitrogen and oxygen atoms in total. The third-order valence-corrected chi connectivity index (χ3v) is 7.26. The molecule has 3 heterocycles. The molecule has 0 spiro atoms. The highest BCUT2D eigenvalue weighted by Gasteiger charge is 2.27. The van der Waals surface area contributed by atoms with E-state index in [2.05, 4.69) is 43.8 Å². The van der Waals surface area contributed by atoms with Gasteiger partial charge >= 0.3 is 5.69 Å². The molecule has 1 unspecified atom stereocenters. The highest BCUT2D eigenvalue weighted by atomic mass is 16.1. The Bertz CT molecular complexity index is 1120. The minimum absolute atomic E-state index is 0.284. The third-order valence-electron chi connectivity index (χ3n) is 7.26. The minimum Gasteiger partial charge on any atom is -0.365 e. The van der Waals surface area contributed by atoms with E-state index < -0.39 is 0 Å². The van der Waals surface area contributed by atoms with Crippen LogP contribution >= 0.6 is 0 Å². The molecule has 31 heavy (non-hydrogen) atoms. The monoisotopic (exact) mass is 424 g/mol. The molecule has 0 bridgehead atoms. The molecule has 166 valence electrons. The number of nitrogens with one attached hydrogen (secondary N) is 2. The normalized spacial score (nSPS) is 23.1. The second-order valence-corrected chi connectivity index (χ2v) is 9.62. The van der Waals surface area contributed by atoms with E-state index in [0.717, 1.165) is 23.8 Å². The van der Waals surface area contributed by atoms with Gasteiger partial charge in [0.15, 0.2) is 17.3 Å². The fourth-order valence-corrected chi connectivity index (χ4v) is 4.89. The molecule has 2 aliphatic carbocycles. The lowest BCUT2D eigenvalue weighted by molar-refractivity contribution is 0.266. The summed E-state index contributed by atoms with van der Waals surface area (Å²) in [5.74, 6) is 3.71. The Balaban J connectivity index is 1.52. The molecule has 0 aliphatic heterocycles. The summed E-state index contributed by atoms with van der Waals surface area (Å²) in [5, 5.41) is 7.89. The Morgan fingerprint density at radius 2 is 1.97 bits per heavy atom. The maximum absolute atomic E-state index is 11.9. The molecule has 0 aromatic carbocycles. The van der Waals surface area contributed by atoms with Crippen LogP contribution in [-0.2, 0) is 13.6 Å². The fraction of sp³-hybridized carbons (Fsp3) is 0.682. The lowest BCUT2D eigenvalue weighted by Crippen LogP contribution is -2.31. The van der Waals surface area contributed by atoms with Gasteiger partial charge < -0.3 is 9.88 Å². The standard InChI is InChI=1S/C22H32N8O/c1-13-7-9-15(10-8-13)11-30-12-23-18-17(30)19(24-14(2)16-5-4-6-16)26-20(25-18)21-27-22(31)29(3)28-21/h12-16H,4-11H2,1-3H3,(H,24,25,26)(H,27,28,31). The molecule has 3 aromatic rings. The van der Waals surface area contributed by atoms with Crippen LogP contribution in [0.15, 0.2) is 11.1 Å². The Hall–Kier alpha value is -2.71. The quantitative estimate of drug-likeness (QED) is 0.629. The van der Waals surface area contributed by atoms with E-state index in [4.69, 9.17) is 4.98 Å². The van der Waals surface area contributed by atoms with Gasteiger partial charge in [-0.2, -0.15) is 0 Å². The number of H-pyrrole nitrogens is 1. The number of nitrogens with zero attached hydrogens (tertiary/aromatic N) is 6. The van der Waals surface area contributed by atoms with Crippen molar-refractivity contribution in [2.45, 2.75) is 71.4 Å². The highest BCUT2D eigenvalue weighted by molar-refractivity contribution is 5.85. The van der Waals surface area contributed by atoms with E-state index in [1.807, 2.05) is 6.33 Å². The summed E-state index contributed by atoms with van der Waals surface area (Å²) in [4.78, 5) is 28.7. The van der Waals surface area contributed by atoms with E-state index in [9.17, 15) is 4.79 Å². The SMILES string of the molecule is CC1CCC(Cn2cnc3nc(-c4nn(C)c(=O)[nH]4)nc(NC(C)C4CCC4)c32)CC1. The van der Waals surface area contributed by atoms with Gasteiger partial charge in [0.2, 0.25) is 5.82 Å². The largest absolute Gasteiger partial charge is 0.365 e. The number of fused-ring (bicyclic) bond motifs is 1. The molecular formula is C22H32N8O. The van der Waals surface area contributed by atoms with E-state index in [-0.39, 0.29) is 5.69 Å².